The number of carbonyl (C=O) groups excluding carboxylic acids is 1. The van der Waals surface area contributed by atoms with Crippen molar-refractivity contribution in [2.45, 2.75) is 25.8 Å². The summed E-state index contributed by atoms with van der Waals surface area (Å²) in [4.78, 5) is 37.3. The molecular weight excluding hydrogens is 454 g/mol. The lowest BCUT2D eigenvalue weighted by atomic mass is 10.1. The Bertz CT molecular complexity index is 1380. The molecule has 1 aliphatic rings. The first kappa shape index (κ1) is 22.2. The first-order valence-corrected chi connectivity index (χ1v) is 11.0. The van der Waals surface area contributed by atoms with E-state index in [0.29, 0.717) is 48.6 Å². The molecular formula is C23H21N7O5. The molecule has 3 aromatic heterocycles. The molecule has 0 atom stereocenters. The van der Waals surface area contributed by atoms with Crippen LogP contribution >= 0.6 is 0 Å². The average Bonchev–Trinajstić information content (AvgIpc) is 3.31. The molecule has 4 heterocycles. The highest BCUT2D eigenvalue weighted by Gasteiger charge is 2.27. The number of carbonyl (C=O) groups is 1. The standard InChI is InChI=1S/C23H21N7O5/c1-15-20(3-2-10-24-15)35-22-19-13-27-29(21(19)25-14-26-22)16-8-11-28(12-9-16)23(31)34-18-6-4-17(5-7-18)30(32)33/h2-7,10,13-14,16H,8-9,11-12H2,1H3. The van der Waals surface area contributed by atoms with Crippen molar-refractivity contribution in [2.75, 3.05) is 13.1 Å². The van der Waals surface area contributed by atoms with Gasteiger partial charge in [-0.2, -0.15) is 5.10 Å². The molecule has 35 heavy (non-hydrogen) atoms. The summed E-state index contributed by atoms with van der Waals surface area (Å²) in [7, 11) is 0. The van der Waals surface area contributed by atoms with Crippen molar-refractivity contribution in [3.63, 3.8) is 0 Å². The molecule has 0 saturated carbocycles. The molecule has 1 aromatic carbocycles. The van der Waals surface area contributed by atoms with Crippen LogP contribution in [0.5, 0.6) is 17.4 Å². The number of ether oxygens (including phenoxy) is 2. The zero-order valence-electron chi connectivity index (χ0n) is 18.8. The molecule has 0 N–H and O–H groups in total. The van der Waals surface area contributed by atoms with E-state index in [1.165, 1.54) is 30.6 Å². The summed E-state index contributed by atoms with van der Waals surface area (Å²) in [5.74, 6) is 1.27. The number of likely N-dealkylation sites (tertiary alicyclic amines) is 1. The molecule has 0 radical (unpaired) electrons. The third-order valence-electron chi connectivity index (χ3n) is 5.84. The number of fused-ring (bicyclic) bond motifs is 1. The fourth-order valence-electron chi connectivity index (χ4n) is 3.97. The maximum Gasteiger partial charge on any atom is 0.415 e. The van der Waals surface area contributed by atoms with Crippen molar-refractivity contribution in [3.8, 4) is 17.4 Å². The minimum atomic E-state index is -0.505. The molecule has 0 unspecified atom stereocenters. The van der Waals surface area contributed by atoms with Gasteiger partial charge < -0.3 is 14.4 Å². The van der Waals surface area contributed by atoms with Crippen molar-refractivity contribution in [3.05, 3.63) is 70.9 Å². The van der Waals surface area contributed by atoms with Crippen LogP contribution in [0.15, 0.2) is 55.1 Å². The van der Waals surface area contributed by atoms with Crippen LogP contribution in [0.2, 0.25) is 0 Å². The number of non-ortho nitro benzene ring substituents is 1. The number of amides is 1. The Morgan fingerprint density at radius 2 is 1.89 bits per heavy atom. The molecule has 0 aliphatic carbocycles. The summed E-state index contributed by atoms with van der Waals surface area (Å²) in [6.07, 6.45) is 5.66. The summed E-state index contributed by atoms with van der Waals surface area (Å²) < 4.78 is 13.2. The predicted octanol–water partition coefficient (Wildman–Crippen LogP) is 4.07. The first-order valence-electron chi connectivity index (χ1n) is 11.0. The van der Waals surface area contributed by atoms with E-state index in [4.69, 9.17) is 9.47 Å². The van der Waals surface area contributed by atoms with Gasteiger partial charge in [-0.05, 0) is 44.0 Å². The van der Waals surface area contributed by atoms with Gasteiger partial charge in [0.15, 0.2) is 11.4 Å². The van der Waals surface area contributed by atoms with E-state index < -0.39 is 11.0 Å². The number of hydrogen-bond acceptors (Lipinski definition) is 9. The number of nitro benzene ring substituents is 1. The van der Waals surface area contributed by atoms with Gasteiger partial charge in [0.25, 0.3) is 5.69 Å². The van der Waals surface area contributed by atoms with Gasteiger partial charge in [-0.3, -0.25) is 15.1 Å². The van der Waals surface area contributed by atoms with Crippen LogP contribution in [-0.2, 0) is 0 Å². The number of rotatable bonds is 5. The monoisotopic (exact) mass is 475 g/mol. The van der Waals surface area contributed by atoms with Gasteiger partial charge in [0, 0.05) is 31.4 Å². The molecule has 1 aliphatic heterocycles. The van der Waals surface area contributed by atoms with Crippen molar-refractivity contribution < 1.29 is 19.2 Å². The molecule has 12 heteroatoms. The number of aryl methyl sites for hydroxylation is 1. The first-order chi connectivity index (χ1) is 17.0. The van der Waals surface area contributed by atoms with E-state index in [2.05, 4.69) is 20.1 Å². The molecule has 1 amide bonds. The van der Waals surface area contributed by atoms with Crippen LogP contribution in [0.25, 0.3) is 11.0 Å². The Kier molecular flexibility index (Phi) is 5.92. The second kappa shape index (κ2) is 9.33. The van der Waals surface area contributed by atoms with Crippen molar-refractivity contribution >= 4 is 22.8 Å². The van der Waals surface area contributed by atoms with Crippen LogP contribution in [0.4, 0.5) is 10.5 Å². The molecule has 12 nitrogen and oxygen atoms in total. The van der Waals surface area contributed by atoms with Crippen molar-refractivity contribution in [2.24, 2.45) is 0 Å². The van der Waals surface area contributed by atoms with Gasteiger partial charge in [0.1, 0.15) is 17.5 Å². The van der Waals surface area contributed by atoms with E-state index in [1.807, 2.05) is 17.7 Å². The van der Waals surface area contributed by atoms with Gasteiger partial charge in [-0.1, -0.05) is 0 Å². The van der Waals surface area contributed by atoms with Crippen LogP contribution in [-0.4, -0.2) is 53.7 Å². The molecule has 1 fully saturated rings. The van der Waals surface area contributed by atoms with Crippen LogP contribution in [0.1, 0.15) is 24.6 Å². The van der Waals surface area contributed by atoms with E-state index in [0.717, 1.165) is 5.69 Å². The van der Waals surface area contributed by atoms with E-state index >= 15 is 0 Å². The maximum atomic E-state index is 12.5. The predicted molar refractivity (Wildman–Crippen MR) is 123 cm³/mol. The van der Waals surface area contributed by atoms with Crippen molar-refractivity contribution in [1.29, 1.82) is 0 Å². The van der Waals surface area contributed by atoms with Gasteiger partial charge in [-0.15, -0.1) is 0 Å². The van der Waals surface area contributed by atoms with E-state index in [-0.39, 0.29) is 17.5 Å². The Balaban J connectivity index is 1.25. The largest absolute Gasteiger partial charge is 0.436 e. The lowest BCUT2D eigenvalue weighted by Gasteiger charge is -2.31. The minimum absolute atomic E-state index is 0.0406. The SMILES string of the molecule is Cc1ncccc1Oc1ncnc2c1cnn2C1CCN(C(=O)Oc2ccc([N+](=O)[O-])cc2)CC1. The molecule has 5 rings (SSSR count). The number of aromatic nitrogens is 5. The average molecular weight is 475 g/mol. The number of nitro groups is 1. The van der Waals surface area contributed by atoms with E-state index in [1.54, 1.807) is 23.4 Å². The molecule has 0 bridgehead atoms. The highest BCUT2D eigenvalue weighted by atomic mass is 16.6. The van der Waals surface area contributed by atoms with Crippen molar-refractivity contribution in [1.82, 2.24) is 29.6 Å². The van der Waals surface area contributed by atoms with Crippen LogP contribution in [0, 0.1) is 17.0 Å². The third-order valence-corrected chi connectivity index (χ3v) is 5.84. The zero-order chi connectivity index (χ0) is 24.4. The Hall–Kier alpha value is -4.61. The lowest BCUT2D eigenvalue weighted by Crippen LogP contribution is -2.40. The lowest BCUT2D eigenvalue weighted by molar-refractivity contribution is -0.384. The van der Waals surface area contributed by atoms with Gasteiger partial charge >= 0.3 is 6.09 Å². The number of pyridine rings is 1. The fraction of sp³-hybridized carbons (Fsp3) is 0.261. The van der Waals surface area contributed by atoms with Gasteiger partial charge in [0.2, 0.25) is 5.88 Å². The maximum absolute atomic E-state index is 12.5. The normalized spacial score (nSPS) is 14.1. The summed E-state index contributed by atoms with van der Waals surface area (Å²) in [5.41, 5.74) is 1.34. The summed E-state index contributed by atoms with van der Waals surface area (Å²) in [6, 6.07) is 9.08. The quantitative estimate of drug-likeness (QED) is 0.309. The van der Waals surface area contributed by atoms with Gasteiger partial charge in [-0.25, -0.2) is 19.4 Å². The zero-order valence-corrected chi connectivity index (χ0v) is 18.8. The number of hydrogen-bond donors (Lipinski definition) is 0. The topological polar surface area (TPSA) is 138 Å². The van der Waals surface area contributed by atoms with Gasteiger partial charge in [0.05, 0.1) is 22.9 Å². The number of nitrogens with zero attached hydrogens (tertiary/aromatic N) is 7. The third kappa shape index (κ3) is 4.58. The molecule has 0 spiro atoms. The second-order valence-electron chi connectivity index (χ2n) is 8.03. The molecule has 1 saturated heterocycles. The highest BCUT2D eigenvalue weighted by molar-refractivity contribution is 5.80. The summed E-state index contributed by atoms with van der Waals surface area (Å²) in [5, 5.41) is 16.0. The summed E-state index contributed by atoms with van der Waals surface area (Å²) in [6.45, 7) is 2.81. The highest BCUT2D eigenvalue weighted by Crippen LogP contribution is 2.31. The Morgan fingerprint density at radius 3 is 2.60 bits per heavy atom. The smallest absolute Gasteiger partial charge is 0.415 e. The number of piperidine rings is 1. The Labute approximate surface area is 199 Å². The summed E-state index contributed by atoms with van der Waals surface area (Å²) >= 11 is 0. The van der Waals surface area contributed by atoms with Crippen LogP contribution < -0.4 is 9.47 Å². The number of benzene rings is 1. The second-order valence-corrected chi connectivity index (χ2v) is 8.03. The van der Waals surface area contributed by atoms with Crippen LogP contribution in [0.3, 0.4) is 0 Å². The minimum Gasteiger partial charge on any atom is -0.436 e. The fourth-order valence-corrected chi connectivity index (χ4v) is 3.97. The Morgan fingerprint density at radius 1 is 1.11 bits per heavy atom. The molecule has 178 valence electrons. The molecule has 4 aromatic rings. The van der Waals surface area contributed by atoms with E-state index in [9.17, 15) is 14.9 Å².